The fourth-order valence-electron chi connectivity index (χ4n) is 1.70. The van der Waals surface area contributed by atoms with Crippen LogP contribution in [0.1, 0.15) is 0 Å². The second-order valence-corrected chi connectivity index (χ2v) is 3.81. The van der Waals surface area contributed by atoms with Crippen LogP contribution in [0.3, 0.4) is 0 Å². The Kier molecular flexibility index (Phi) is 3.91. The van der Waals surface area contributed by atoms with Gasteiger partial charge in [-0.15, -0.1) is 0 Å². The van der Waals surface area contributed by atoms with Crippen molar-refractivity contribution < 1.29 is 9.53 Å². The monoisotopic (exact) mass is 220 g/mol. The van der Waals surface area contributed by atoms with E-state index >= 15 is 0 Å². The van der Waals surface area contributed by atoms with E-state index in [1.165, 1.54) is 0 Å². The molecule has 0 aromatic heterocycles. The highest BCUT2D eigenvalue weighted by Gasteiger charge is 2.14. The predicted molar refractivity (Wildman–Crippen MR) is 61.4 cm³/mol. The summed E-state index contributed by atoms with van der Waals surface area (Å²) in [6, 6.07) is 9.18. The summed E-state index contributed by atoms with van der Waals surface area (Å²) in [5.74, 6) is 0.427. The molecule has 1 heterocycles. The van der Waals surface area contributed by atoms with Gasteiger partial charge in [-0.3, -0.25) is 9.69 Å². The zero-order valence-electron chi connectivity index (χ0n) is 9.19. The molecule has 1 aliphatic heterocycles. The molecule has 0 atom stereocenters. The van der Waals surface area contributed by atoms with Gasteiger partial charge in [0, 0.05) is 26.2 Å². The number of nitrogens with one attached hydrogen (secondary N) is 1. The molecule has 1 N–H and O–H groups in total. The number of carbonyl (C=O) groups excluding carboxylic acids is 1. The Bertz CT molecular complexity index is 334. The Morgan fingerprint density at radius 1 is 1.25 bits per heavy atom. The van der Waals surface area contributed by atoms with Gasteiger partial charge < -0.3 is 10.1 Å². The van der Waals surface area contributed by atoms with Crippen LogP contribution >= 0.6 is 0 Å². The lowest BCUT2D eigenvalue weighted by atomic mass is 10.3. The first-order chi connectivity index (χ1) is 7.84. The molecule has 0 amide bonds. The zero-order chi connectivity index (χ0) is 11.2. The van der Waals surface area contributed by atoms with Crippen LogP contribution in [0.2, 0.25) is 0 Å². The van der Waals surface area contributed by atoms with E-state index in [1.54, 1.807) is 12.1 Å². The Morgan fingerprint density at radius 2 is 1.94 bits per heavy atom. The van der Waals surface area contributed by atoms with E-state index in [1.807, 2.05) is 18.2 Å². The summed E-state index contributed by atoms with van der Waals surface area (Å²) in [5, 5.41) is 3.24. The molecule has 86 valence electrons. The van der Waals surface area contributed by atoms with E-state index in [4.69, 9.17) is 4.74 Å². The van der Waals surface area contributed by atoms with Crippen molar-refractivity contribution in [1.82, 2.24) is 10.2 Å². The molecule has 0 saturated carbocycles. The first-order valence-corrected chi connectivity index (χ1v) is 5.53. The molecule has 0 bridgehead atoms. The average molecular weight is 220 g/mol. The molecule has 1 aromatic carbocycles. The van der Waals surface area contributed by atoms with E-state index in [9.17, 15) is 4.79 Å². The van der Waals surface area contributed by atoms with Gasteiger partial charge in [-0.1, -0.05) is 18.2 Å². The maximum Gasteiger partial charge on any atom is 0.325 e. The molecule has 0 unspecified atom stereocenters. The number of para-hydroxylation sites is 1. The molecule has 1 aromatic rings. The molecule has 1 saturated heterocycles. The van der Waals surface area contributed by atoms with Gasteiger partial charge in [-0.2, -0.15) is 0 Å². The van der Waals surface area contributed by atoms with Crippen molar-refractivity contribution in [1.29, 1.82) is 0 Å². The van der Waals surface area contributed by atoms with E-state index in [2.05, 4.69) is 10.2 Å². The third kappa shape index (κ3) is 3.32. The molecule has 0 spiro atoms. The van der Waals surface area contributed by atoms with Crippen molar-refractivity contribution in [3.05, 3.63) is 30.3 Å². The number of carbonyl (C=O) groups is 1. The third-order valence-corrected chi connectivity index (χ3v) is 2.54. The minimum Gasteiger partial charge on any atom is -0.426 e. The minimum absolute atomic E-state index is 0.187. The van der Waals surface area contributed by atoms with E-state index < -0.39 is 0 Å². The molecule has 4 nitrogen and oxygen atoms in total. The molecular formula is C12H16N2O2. The van der Waals surface area contributed by atoms with Gasteiger partial charge >= 0.3 is 5.97 Å². The van der Waals surface area contributed by atoms with Gasteiger partial charge in [-0.25, -0.2) is 0 Å². The third-order valence-electron chi connectivity index (χ3n) is 2.54. The standard InChI is InChI=1S/C12H16N2O2/c15-12(10-14-8-6-13-7-9-14)16-11-4-2-1-3-5-11/h1-5,13H,6-10H2. The molecule has 0 radical (unpaired) electrons. The maximum atomic E-state index is 11.6. The van der Waals surface area contributed by atoms with Crippen molar-refractivity contribution in [3.63, 3.8) is 0 Å². The van der Waals surface area contributed by atoms with E-state index in [-0.39, 0.29) is 5.97 Å². The first-order valence-electron chi connectivity index (χ1n) is 5.53. The van der Waals surface area contributed by atoms with Crippen LogP contribution in [-0.4, -0.2) is 43.6 Å². The normalized spacial score (nSPS) is 17.0. The summed E-state index contributed by atoms with van der Waals surface area (Å²) < 4.78 is 5.22. The second kappa shape index (κ2) is 5.63. The Balaban J connectivity index is 1.80. The summed E-state index contributed by atoms with van der Waals surface area (Å²) >= 11 is 0. The fourth-order valence-corrected chi connectivity index (χ4v) is 1.70. The summed E-state index contributed by atoms with van der Waals surface area (Å²) in [5.41, 5.74) is 0. The lowest BCUT2D eigenvalue weighted by Gasteiger charge is -2.25. The van der Waals surface area contributed by atoms with Crippen LogP contribution in [-0.2, 0) is 4.79 Å². The summed E-state index contributed by atoms with van der Waals surface area (Å²) in [6.45, 7) is 4.07. The molecule has 1 aliphatic rings. The number of nitrogens with zero attached hydrogens (tertiary/aromatic N) is 1. The van der Waals surface area contributed by atoms with E-state index in [0.29, 0.717) is 12.3 Å². The van der Waals surface area contributed by atoms with Crippen LogP contribution in [0.4, 0.5) is 0 Å². The number of hydrogen-bond acceptors (Lipinski definition) is 4. The molecular weight excluding hydrogens is 204 g/mol. The number of hydrogen-bond donors (Lipinski definition) is 1. The van der Waals surface area contributed by atoms with Crippen molar-refractivity contribution in [2.45, 2.75) is 0 Å². The van der Waals surface area contributed by atoms with Crippen LogP contribution in [0, 0.1) is 0 Å². The molecule has 16 heavy (non-hydrogen) atoms. The summed E-state index contributed by atoms with van der Waals surface area (Å²) in [7, 11) is 0. The number of ether oxygens (including phenoxy) is 1. The highest BCUT2D eigenvalue weighted by atomic mass is 16.5. The largest absolute Gasteiger partial charge is 0.426 e. The van der Waals surface area contributed by atoms with Gasteiger partial charge in [0.05, 0.1) is 6.54 Å². The first kappa shape index (κ1) is 11.1. The smallest absolute Gasteiger partial charge is 0.325 e. The maximum absolute atomic E-state index is 11.6. The lowest BCUT2D eigenvalue weighted by molar-refractivity contribution is -0.135. The van der Waals surface area contributed by atoms with Crippen molar-refractivity contribution >= 4 is 5.97 Å². The number of esters is 1. The Morgan fingerprint density at radius 3 is 2.62 bits per heavy atom. The van der Waals surface area contributed by atoms with Crippen LogP contribution in [0.15, 0.2) is 30.3 Å². The summed E-state index contributed by atoms with van der Waals surface area (Å²) in [4.78, 5) is 13.7. The highest BCUT2D eigenvalue weighted by Crippen LogP contribution is 2.08. The van der Waals surface area contributed by atoms with Gasteiger partial charge in [0.25, 0.3) is 0 Å². The average Bonchev–Trinajstić information content (AvgIpc) is 2.31. The molecule has 4 heteroatoms. The fraction of sp³-hybridized carbons (Fsp3) is 0.417. The summed E-state index contributed by atoms with van der Waals surface area (Å²) in [6.07, 6.45) is 0. The van der Waals surface area contributed by atoms with Crippen LogP contribution in [0.5, 0.6) is 5.75 Å². The van der Waals surface area contributed by atoms with Gasteiger partial charge in [0.15, 0.2) is 0 Å². The predicted octanol–water partition coefficient (Wildman–Crippen LogP) is 0.497. The van der Waals surface area contributed by atoms with Crippen LogP contribution < -0.4 is 10.1 Å². The Labute approximate surface area is 95.2 Å². The van der Waals surface area contributed by atoms with Gasteiger partial charge in [0.2, 0.25) is 0 Å². The number of benzene rings is 1. The molecule has 1 fully saturated rings. The highest BCUT2D eigenvalue weighted by molar-refractivity contribution is 5.74. The number of rotatable bonds is 3. The molecule has 2 rings (SSSR count). The van der Waals surface area contributed by atoms with Crippen molar-refractivity contribution in [2.75, 3.05) is 32.7 Å². The minimum atomic E-state index is -0.187. The lowest BCUT2D eigenvalue weighted by Crippen LogP contribution is -2.46. The van der Waals surface area contributed by atoms with Gasteiger partial charge in [-0.05, 0) is 12.1 Å². The SMILES string of the molecule is O=C(CN1CCNCC1)Oc1ccccc1. The van der Waals surface area contributed by atoms with Gasteiger partial charge in [0.1, 0.15) is 5.75 Å². The van der Waals surface area contributed by atoms with Crippen molar-refractivity contribution in [2.24, 2.45) is 0 Å². The quantitative estimate of drug-likeness (QED) is 0.595. The molecule has 0 aliphatic carbocycles. The Hall–Kier alpha value is -1.39. The van der Waals surface area contributed by atoms with Crippen LogP contribution in [0.25, 0.3) is 0 Å². The van der Waals surface area contributed by atoms with E-state index in [0.717, 1.165) is 26.2 Å². The topological polar surface area (TPSA) is 41.6 Å². The number of piperazine rings is 1. The zero-order valence-corrected chi connectivity index (χ0v) is 9.19. The van der Waals surface area contributed by atoms with Crippen molar-refractivity contribution in [3.8, 4) is 5.75 Å². The second-order valence-electron chi connectivity index (χ2n) is 3.81.